The first kappa shape index (κ1) is 13.0. The van der Waals surface area contributed by atoms with Gasteiger partial charge in [-0.3, -0.25) is 0 Å². The number of rotatable bonds is 6. The van der Waals surface area contributed by atoms with Crippen LogP contribution in [0.2, 0.25) is 0 Å². The van der Waals surface area contributed by atoms with E-state index in [1.165, 1.54) is 6.08 Å². The molecule has 80 valence electrons. The average molecular weight is 205 g/mol. The number of aliphatic hydroxyl groups is 1. The summed E-state index contributed by atoms with van der Waals surface area (Å²) in [5.74, 6) is 5.15. The van der Waals surface area contributed by atoms with Crippen molar-refractivity contribution in [1.82, 2.24) is 0 Å². The van der Waals surface area contributed by atoms with Crippen LogP contribution >= 0.6 is 0 Å². The van der Waals surface area contributed by atoms with Crippen molar-refractivity contribution in [2.24, 2.45) is 5.90 Å². The van der Waals surface area contributed by atoms with Gasteiger partial charge >= 0.3 is 0 Å². The maximum absolute atomic E-state index is 8.82. The summed E-state index contributed by atoms with van der Waals surface area (Å²) in [6.45, 7) is 14.3. The second-order valence-corrected chi connectivity index (χ2v) is 2.79. The van der Waals surface area contributed by atoms with Crippen molar-refractivity contribution in [1.29, 1.82) is 0 Å². The van der Waals surface area contributed by atoms with Crippen LogP contribution in [0, 0.1) is 0 Å². The van der Waals surface area contributed by atoms with Gasteiger partial charge in [-0.25, -0.2) is 0 Å². The SMILES string of the molecule is C=C(O)/C=C\C(=C)C(=C)/C=C\C(=C)ON. The topological polar surface area (TPSA) is 55.5 Å². The van der Waals surface area contributed by atoms with Crippen LogP contribution in [-0.4, -0.2) is 5.11 Å². The van der Waals surface area contributed by atoms with E-state index in [1.54, 1.807) is 18.2 Å². The van der Waals surface area contributed by atoms with E-state index in [9.17, 15) is 0 Å². The molecule has 0 spiro atoms. The van der Waals surface area contributed by atoms with E-state index >= 15 is 0 Å². The van der Waals surface area contributed by atoms with Gasteiger partial charge in [0.05, 0.1) is 0 Å². The van der Waals surface area contributed by atoms with Crippen molar-refractivity contribution < 1.29 is 9.94 Å². The van der Waals surface area contributed by atoms with Gasteiger partial charge in [0, 0.05) is 0 Å². The van der Waals surface area contributed by atoms with Crippen LogP contribution in [0.15, 0.2) is 73.3 Å². The zero-order valence-corrected chi connectivity index (χ0v) is 8.57. The monoisotopic (exact) mass is 205 g/mol. The maximum Gasteiger partial charge on any atom is 0.139 e. The Hall–Kier alpha value is -2.00. The Bertz CT molecular complexity index is 349. The number of allylic oxidation sites excluding steroid dienone is 6. The average Bonchev–Trinajstić information content (AvgIpc) is 2.21. The Balaban J connectivity index is 4.35. The molecule has 0 rings (SSSR count). The van der Waals surface area contributed by atoms with Crippen molar-refractivity contribution >= 4 is 0 Å². The molecule has 0 heterocycles. The number of nitrogens with two attached hydrogens (primary N) is 1. The first-order valence-electron chi connectivity index (χ1n) is 4.15. The molecule has 0 fully saturated rings. The minimum Gasteiger partial charge on any atom is -0.509 e. The maximum atomic E-state index is 8.82. The third kappa shape index (κ3) is 6.12. The van der Waals surface area contributed by atoms with Crippen molar-refractivity contribution in [2.45, 2.75) is 0 Å². The standard InChI is InChI=1S/C12H15NO2/c1-9(5-7-11(3)14)10(2)6-8-12(4)15-13/h5-8,14H,1-4,13H2/b7-5-,8-6-. The van der Waals surface area contributed by atoms with Crippen LogP contribution in [0.4, 0.5) is 0 Å². The van der Waals surface area contributed by atoms with Crippen molar-refractivity contribution in [3.8, 4) is 0 Å². The molecule has 0 saturated heterocycles. The molecule has 3 nitrogen and oxygen atoms in total. The van der Waals surface area contributed by atoms with Crippen LogP contribution in [0.3, 0.4) is 0 Å². The van der Waals surface area contributed by atoms with E-state index in [2.05, 4.69) is 31.2 Å². The van der Waals surface area contributed by atoms with Gasteiger partial charge in [-0.2, -0.15) is 5.90 Å². The molecule has 15 heavy (non-hydrogen) atoms. The molecule has 3 heteroatoms. The third-order valence-electron chi connectivity index (χ3n) is 1.51. The second-order valence-electron chi connectivity index (χ2n) is 2.79. The summed E-state index contributed by atoms with van der Waals surface area (Å²) in [6, 6.07) is 0. The molecular weight excluding hydrogens is 190 g/mol. The molecule has 0 aliphatic rings. The highest BCUT2D eigenvalue weighted by atomic mass is 16.6. The fourth-order valence-electron chi connectivity index (χ4n) is 0.644. The lowest BCUT2D eigenvalue weighted by atomic mass is 10.1. The number of aliphatic hydroxyl groups excluding tert-OH is 1. The predicted molar refractivity (Wildman–Crippen MR) is 62.7 cm³/mol. The molecule has 0 aliphatic heterocycles. The van der Waals surface area contributed by atoms with Crippen LogP contribution < -0.4 is 5.90 Å². The van der Waals surface area contributed by atoms with E-state index in [0.29, 0.717) is 16.9 Å². The molecule has 0 radical (unpaired) electrons. The first-order chi connectivity index (χ1) is 6.97. The van der Waals surface area contributed by atoms with E-state index < -0.39 is 0 Å². The van der Waals surface area contributed by atoms with Crippen molar-refractivity contribution in [3.63, 3.8) is 0 Å². The molecule has 0 aromatic rings. The van der Waals surface area contributed by atoms with E-state index in [1.807, 2.05) is 0 Å². The highest BCUT2D eigenvalue weighted by Crippen LogP contribution is 2.10. The lowest BCUT2D eigenvalue weighted by Gasteiger charge is -1.99. The molecule has 0 aliphatic carbocycles. The van der Waals surface area contributed by atoms with Crippen LogP contribution in [0.25, 0.3) is 0 Å². The van der Waals surface area contributed by atoms with E-state index in [-0.39, 0.29) is 5.76 Å². The molecule has 0 bridgehead atoms. The zero-order valence-electron chi connectivity index (χ0n) is 8.57. The van der Waals surface area contributed by atoms with Crippen LogP contribution in [0.1, 0.15) is 0 Å². The Morgan fingerprint density at radius 1 is 0.933 bits per heavy atom. The van der Waals surface area contributed by atoms with Gasteiger partial charge in [0.1, 0.15) is 11.5 Å². The van der Waals surface area contributed by atoms with Gasteiger partial charge in [-0.1, -0.05) is 38.5 Å². The van der Waals surface area contributed by atoms with E-state index in [4.69, 9.17) is 11.0 Å². The van der Waals surface area contributed by atoms with Gasteiger partial charge in [-0.15, -0.1) is 0 Å². The third-order valence-corrected chi connectivity index (χ3v) is 1.51. The van der Waals surface area contributed by atoms with Gasteiger partial charge in [0.25, 0.3) is 0 Å². The normalized spacial score (nSPS) is 10.5. The summed E-state index contributed by atoms with van der Waals surface area (Å²) in [7, 11) is 0. The quantitative estimate of drug-likeness (QED) is 0.398. The van der Waals surface area contributed by atoms with Gasteiger partial charge in [-0.05, 0) is 23.3 Å². The summed E-state index contributed by atoms with van der Waals surface area (Å²) in [5, 5.41) is 8.82. The number of hydrogen-bond acceptors (Lipinski definition) is 3. The number of hydrogen-bond donors (Lipinski definition) is 2. The molecule has 0 atom stereocenters. The van der Waals surface area contributed by atoms with Crippen LogP contribution in [0.5, 0.6) is 0 Å². The summed E-state index contributed by atoms with van der Waals surface area (Å²) < 4.78 is 0. The Morgan fingerprint density at radius 2 is 1.40 bits per heavy atom. The fourth-order valence-corrected chi connectivity index (χ4v) is 0.644. The highest BCUT2D eigenvalue weighted by molar-refractivity contribution is 5.44. The highest BCUT2D eigenvalue weighted by Gasteiger charge is 1.92. The van der Waals surface area contributed by atoms with Gasteiger partial charge in [0.2, 0.25) is 0 Å². The Kier molecular flexibility index (Phi) is 5.59. The molecular formula is C12H15NO2. The fraction of sp³-hybridized carbons (Fsp3) is 0. The molecule has 0 saturated carbocycles. The minimum absolute atomic E-state index is 0.0392. The largest absolute Gasteiger partial charge is 0.509 e. The molecule has 3 N–H and O–H groups in total. The lowest BCUT2D eigenvalue weighted by molar-refractivity contribution is 0.235. The minimum atomic E-state index is -0.0392. The zero-order chi connectivity index (χ0) is 11.8. The predicted octanol–water partition coefficient (Wildman–Crippen LogP) is 2.69. The second kappa shape index (κ2) is 6.45. The van der Waals surface area contributed by atoms with Gasteiger partial charge < -0.3 is 9.94 Å². The summed E-state index contributed by atoms with van der Waals surface area (Å²) in [6.07, 6.45) is 6.24. The molecule has 0 unspecified atom stereocenters. The lowest BCUT2D eigenvalue weighted by Crippen LogP contribution is -1.94. The first-order valence-corrected chi connectivity index (χ1v) is 4.15. The van der Waals surface area contributed by atoms with Gasteiger partial charge in [0.15, 0.2) is 0 Å². The van der Waals surface area contributed by atoms with Crippen molar-refractivity contribution in [2.75, 3.05) is 0 Å². The Morgan fingerprint density at radius 3 is 1.80 bits per heavy atom. The molecule has 0 aromatic heterocycles. The molecule has 0 amide bonds. The summed E-state index contributed by atoms with van der Waals surface area (Å²) >= 11 is 0. The summed E-state index contributed by atoms with van der Waals surface area (Å²) in [5.41, 5.74) is 1.30. The molecule has 0 aromatic carbocycles. The van der Waals surface area contributed by atoms with E-state index in [0.717, 1.165) is 0 Å². The van der Waals surface area contributed by atoms with Crippen LogP contribution in [-0.2, 0) is 4.84 Å². The van der Waals surface area contributed by atoms with Crippen molar-refractivity contribution in [3.05, 3.63) is 73.3 Å². The summed E-state index contributed by atoms with van der Waals surface area (Å²) in [4.78, 5) is 4.35. The Labute approximate surface area is 89.8 Å². The smallest absolute Gasteiger partial charge is 0.139 e.